The van der Waals surface area contributed by atoms with Crippen LogP contribution < -0.4 is 5.32 Å². The van der Waals surface area contributed by atoms with E-state index < -0.39 is 0 Å². The van der Waals surface area contributed by atoms with Crippen molar-refractivity contribution >= 4 is 22.9 Å². The Morgan fingerprint density at radius 1 is 1.32 bits per heavy atom. The molecule has 5 nitrogen and oxygen atoms in total. The molecule has 6 heteroatoms. The normalized spacial score (nSPS) is 12.9. The van der Waals surface area contributed by atoms with Gasteiger partial charge in [-0.25, -0.2) is 15.0 Å². The molecule has 0 spiro atoms. The lowest BCUT2D eigenvalue weighted by Gasteiger charge is -2.11. The molecule has 0 saturated carbocycles. The maximum Gasteiger partial charge on any atom is 0.181 e. The van der Waals surface area contributed by atoms with Gasteiger partial charge in [0.2, 0.25) is 0 Å². The molecule has 19 heavy (non-hydrogen) atoms. The zero-order valence-corrected chi connectivity index (χ0v) is 12.3. The van der Waals surface area contributed by atoms with E-state index in [1.807, 2.05) is 0 Å². The average Bonchev–Trinajstić information content (AvgIpc) is 2.87. The zero-order chi connectivity index (χ0) is 13.5. The summed E-state index contributed by atoms with van der Waals surface area (Å²) < 4.78 is 0. The van der Waals surface area contributed by atoms with Crippen molar-refractivity contribution in [3.8, 4) is 0 Å². The van der Waals surface area contributed by atoms with Crippen LogP contribution in [0.15, 0.2) is 17.7 Å². The van der Waals surface area contributed by atoms with Gasteiger partial charge in [0.25, 0.3) is 0 Å². The van der Waals surface area contributed by atoms with Crippen molar-refractivity contribution in [3.05, 3.63) is 12.7 Å². The highest BCUT2D eigenvalue weighted by Crippen LogP contribution is 2.22. The standard InChI is InChI=1S/C13H21N5S/c1-3-14-10(2)6-4-5-7-19-13-11-12(16-8-15-11)17-9-18-13/h8-10,14H,3-7H2,1-2H3,(H,15,16,17,18). The lowest BCUT2D eigenvalue weighted by atomic mass is 10.1. The number of H-pyrrole nitrogens is 1. The van der Waals surface area contributed by atoms with Crippen LogP contribution in [0.3, 0.4) is 0 Å². The molecule has 0 saturated heterocycles. The number of unbranched alkanes of at least 4 members (excludes halogenated alkanes) is 1. The van der Waals surface area contributed by atoms with E-state index in [4.69, 9.17) is 0 Å². The van der Waals surface area contributed by atoms with Gasteiger partial charge in [-0.05, 0) is 32.1 Å². The summed E-state index contributed by atoms with van der Waals surface area (Å²) in [6, 6.07) is 0.619. The van der Waals surface area contributed by atoms with Gasteiger partial charge in [0.05, 0.1) is 6.33 Å². The van der Waals surface area contributed by atoms with Crippen molar-refractivity contribution in [2.24, 2.45) is 0 Å². The van der Waals surface area contributed by atoms with Crippen molar-refractivity contribution in [2.75, 3.05) is 12.3 Å². The lowest BCUT2D eigenvalue weighted by Crippen LogP contribution is -2.25. The number of nitrogens with zero attached hydrogens (tertiary/aromatic N) is 3. The number of nitrogens with one attached hydrogen (secondary N) is 2. The van der Waals surface area contributed by atoms with Gasteiger partial charge in [0.1, 0.15) is 16.9 Å². The first-order chi connectivity index (χ1) is 9.31. The predicted molar refractivity (Wildman–Crippen MR) is 79.4 cm³/mol. The van der Waals surface area contributed by atoms with E-state index in [0.717, 1.165) is 28.5 Å². The number of aromatic nitrogens is 4. The van der Waals surface area contributed by atoms with Crippen molar-refractivity contribution < 1.29 is 0 Å². The molecule has 2 N–H and O–H groups in total. The van der Waals surface area contributed by atoms with Gasteiger partial charge in [0, 0.05) is 6.04 Å². The molecule has 0 aromatic carbocycles. The van der Waals surface area contributed by atoms with Crippen LogP contribution in [0.4, 0.5) is 0 Å². The van der Waals surface area contributed by atoms with Crippen LogP contribution in [-0.2, 0) is 0 Å². The summed E-state index contributed by atoms with van der Waals surface area (Å²) in [5, 5.41) is 4.44. The SMILES string of the molecule is CCNC(C)CCCCSc1ncnc2nc[nH]c12. The molecule has 2 rings (SSSR count). The monoisotopic (exact) mass is 279 g/mol. The fourth-order valence-corrected chi connectivity index (χ4v) is 2.98. The molecule has 0 bridgehead atoms. The Morgan fingerprint density at radius 2 is 2.21 bits per heavy atom. The highest BCUT2D eigenvalue weighted by Gasteiger charge is 2.06. The Labute approximate surface area is 118 Å². The molecule has 104 valence electrons. The lowest BCUT2D eigenvalue weighted by molar-refractivity contribution is 0.510. The maximum absolute atomic E-state index is 4.31. The fourth-order valence-electron chi connectivity index (χ4n) is 2.02. The zero-order valence-electron chi connectivity index (χ0n) is 11.5. The Kier molecular flexibility index (Phi) is 5.60. The van der Waals surface area contributed by atoms with E-state index in [-0.39, 0.29) is 0 Å². The molecule has 0 aliphatic rings. The molecular formula is C13H21N5S. The third-order valence-corrected chi connectivity index (χ3v) is 4.09. The number of rotatable bonds is 8. The average molecular weight is 279 g/mol. The van der Waals surface area contributed by atoms with Gasteiger partial charge < -0.3 is 10.3 Å². The quantitative estimate of drug-likeness (QED) is 0.442. The van der Waals surface area contributed by atoms with Crippen LogP contribution in [0.2, 0.25) is 0 Å². The second-order valence-corrected chi connectivity index (χ2v) is 5.67. The van der Waals surface area contributed by atoms with Crippen molar-refractivity contribution in [3.63, 3.8) is 0 Å². The van der Waals surface area contributed by atoms with Crippen molar-refractivity contribution in [1.29, 1.82) is 0 Å². The van der Waals surface area contributed by atoms with Gasteiger partial charge in [0.15, 0.2) is 5.65 Å². The van der Waals surface area contributed by atoms with Crippen LogP contribution in [0.5, 0.6) is 0 Å². The Morgan fingerprint density at radius 3 is 3.05 bits per heavy atom. The molecule has 0 fully saturated rings. The molecule has 0 radical (unpaired) electrons. The fraction of sp³-hybridized carbons (Fsp3) is 0.615. The number of fused-ring (bicyclic) bond motifs is 1. The summed E-state index contributed by atoms with van der Waals surface area (Å²) in [7, 11) is 0. The summed E-state index contributed by atoms with van der Waals surface area (Å²) in [5.74, 6) is 1.09. The molecule has 1 atom stereocenters. The minimum Gasteiger partial charge on any atom is -0.341 e. The minimum atomic E-state index is 0.619. The van der Waals surface area contributed by atoms with Crippen LogP contribution in [0.25, 0.3) is 11.2 Å². The smallest absolute Gasteiger partial charge is 0.181 e. The maximum atomic E-state index is 4.31. The topological polar surface area (TPSA) is 66.5 Å². The first kappa shape index (κ1) is 14.3. The molecule has 0 aliphatic heterocycles. The Bertz CT molecular complexity index is 498. The minimum absolute atomic E-state index is 0.619. The largest absolute Gasteiger partial charge is 0.341 e. The summed E-state index contributed by atoms with van der Waals surface area (Å²) in [5.41, 5.74) is 1.70. The molecule has 0 aliphatic carbocycles. The Hall–Kier alpha value is -1.14. The van der Waals surface area contributed by atoms with Crippen molar-refractivity contribution in [2.45, 2.75) is 44.2 Å². The van der Waals surface area contributed by atoms with Gasteiger partial charge in [-0.15, -0.1) is 11.8 Å². The third-order valence-electron chi connectivity index (χ3n) is 3.01. The van der Waals surface area contributed by atoms with Gasteiger partial charge in [-0.3, -0.25) is 0 Å². The van der Waals surface area contributed by atoms with Gasteiger partial charge in [-0.1, -0.05) is 13.3 Å². The molecule has 2 heterocycles. The molecule has 2 aromatic heterocycles. The number of aromatic amines is 1. The second-order valence-electron chi connectivity index (χ2n) is 4.58. The first-order valence-corrected chi connectivity index (χ1v) is 7.80. The van der Waals surface area contributed by atoms with E-state index in [9.17, 15) is 0 Å². The van der Waals surface area contributed by atoms with Crippen LogP contribution in [0, 0.1) is 0 Å². The van der Waals surface area contributed by atoms with Crippen molar-refractivity contribution in [1.82, 2.24) is 25.3 Å². The van der Waals surface area contributed by atoms with Gasteiger partial charge in [-0.2, -0.15) is 0 Å². The number of thioether (sulfide) groups is 1. The van der Waals surface area contributed by atoms with E-state index in [1.54, 1.807) is 24.4 Å². The number of hydrogen-bond acceptors (Lipinski definition) is 5. The van der Waals surface area contributed by atoms with E-state index in [2.05, 4.69) is 39.1 Å². The predicted octanol–water partition coefficient (Wildman–Crippen LogP) is 2.61. The summed E-state index contributed by atoms with van der Waals surface area (Å²) in [6.07, 6.45) is 6.94. The molecule has 2 aromatic rings. The molecular weight excluding hydrogens is 258 g/mol. The van der Waals surface area contributed by atoms with E-state index >= 15 is 0 Å². The molecule has 0 amide bonds. The van der Waals surface area contributed by atoms with Crippen LogP contribution >= 0.6 is 11.8 Å². The second kappa shape index (κ2) is 7.45. The third kappa shape index (κ3) is 4.18. The highest BCUT2D eigenvalue weighted by molar-refractivity contribution is 7.99. The van der Waals surface area contributed by atoms with E-state index in [0.29, 0.717) is 6.04 Å². The number of hydrogen-bond donors (Lipinski definition) is 2. The summed E-state index contributed by atoms with van der Waals surface area (Å²) in [6.45, 7) is 5.45. The van der Waals surface area contributed by atoms with Crippen LogP contribution in [-0.4, -0.2) is 38.3 Å². The first-order valence-electron chi connectivity index (χ1n) is 6.81. The summed E-state index contributed by atoms with van der Waals surface area (Å²) in [4.78, 5) is 15.7. The van der Waals surface area contributed by atoms with Gasteiger partial charge >= 0.3 is 0 Å². The summed E-state index contributed by atoms with van der Waals surface area (Å²) >= 11 is 1.78. The van der Waals surface area contributed by atoms with Crippen LogP contribution in [0.1, 0.15) is 33.1 Å². The van der Waals surface area contributed by atoms with E-state index in [1.165, 1.54) is 19.3 Å². The highest BCUT2D eigenvalue weighted by atomic mass is 32.2. The molecule has 1 unspecified atom stereocenters. The Balaban J connectivity index is 1.72. The number of imidazole rings is 1.